The molecule has 0 radical (unpaired) electrons. The highest BCUT2D eigenvalue weighted by Gasteiger charge is 2.30. The van der Waals surface area contributed by atoms with Crippen molar-refractivity contribution in [1.29, 1.82) is 0 Å². The van der Waals surface area contributed by atoms with Crippen LogP contribution in [0.5, 0.6) is 11.5 Å². The SMILES string of the molecule is CC1CC1.COc1ccc(F)c(-c2ccc(COc3cc(F)cc(CCC(=O)O)c3)cc2C2=CCCC2(C)C)c1. The molecule has 3 aromatic carbocycles. The van der Waals surface area contributed by atoms with Gasteiger partial charge in [0.05, 0.1) is 7.11 Å². The van der Waals surface area contributed by atoms with Gasteiger partial charge >= 0.3 is 5.97 Å². The van der Waals surface area contributed by atoms with Crippen LogP contribution in [0.25, 0.3) is 16.7 Å². The largest absolute Gasteiger partial charge is 0.497 e. The van der Waals surface area contributed by atoms with Crippen LogP contribution in [0.15, 0.2) is 60.7 Å². The monoisotopic (exact) mass is 548 g/mol. The first-order chi connectivity index (χ1) is 19.1. The highest BCUT2D eigenvalue weighted by molar-refractivity contribution is 5.85. The molecule has 0 aromatic heterocycles. The number of benzene rings is 3. The quantitative estimate of drug-likeness (QED) is 0.290. The summed E-state index contributed by atoms with van der Waals surface area (Å²) in [5, 5.41) is 8.91. The van der Waals surface area contributed by atoms with Gasteiger partial charge in [-0.15, -0.1) is 0 Å². The number of aliphatic carboxylic acids is 1. The standard InChI is InChI=1S/C30H30F2O4.C4H8/c1-30(2)12-4-5-27(30)25-15-20(6-9-24(25)26-17-22(35-3)8-10-28(26)32)18-36-23-14-19(7-11-29(33)34)13-21(31)16-23;1-4-2-3-4/h5-6,8-10,13-17H,4,7,11-12,18H2,1-3H3,(H,33,34);4H,2-3H2,1H3. The molecule has 5 rings (SSSR count). The summed E-state index contributed by atoms with van der Waals surface area (Å²) in [7, 11) is 1.56. The van der Waals surface area contributed by atoms with Gasteiger partial charge in [0, 0.05) is 18.1 Å². The molecule has 3 aromatic rings. The zero-order valence-electron chi connectivity index (χ0n) is 23.7. The van der Waals surface area contributed by atoms with Crippen LogP contribution < -0.4 is 9.47 Å². The van der Waals surface area contributed by atoms with Crippen LogP contribution >= 0.6 is 0 Å². The maximum Gasteiger partial charge on any atom is 0.303 e. The van der Waals surface area contributed by atoms with Crippen LogP contribution in [-0.2, 0) is 17.8 Å². The minimum atomic E-state index is -0.939. The van der Waals surface area contributed by atoms with Gasteiger partial charge in [0.15, 0.2) is 0 Å². The van der Waals surface area contributed by atoms with E-state index in [0.29, 0.717) is 22.6 Å². The molecule has 0 aliphatic heterocycles. The second-order valence-corrected chi connectivity index (χ2v) is 11.4. The molecule has 2 aliphatic rings. The first kappa shape index (κ1) is 29.3. The number of carbonyl (C=O) groups is 1. The molecule has 0 amide bonds. The molecule has 0 bridgehead atoms. The van der Waals surface area contributed by atoms with Crippen molar-refractivity contribution in [3.63, 3.8) is 0 Å². The summed E-state index contributed by atoms with van der Waals surface area (Å²) in [5.41, 5.74) is 4.69. The number of carboxylic acids is 1. The van der Waals surface area contributed by atoms with E-state index in [2.05, 4.69) is 26.8 Å². The highest BCUT2D eigenvalue weighted by Crippen LogP contribution is 2.47. The average molecular weight is 549 g/mol. The lowest BCUT2D eigenvalue weighted by atomic mass is 9.79. The minimum absolute atomic E-state index is 0.0643. The van der Waals surface area contributed by atoms with Crippen molar-refractivity contribution in [3.05, 3.63) is 89.0 Å². The van der Waals surface area contributed by atoms with E-state index in [-0.39, 0.29) is 30.7 Å². The van der Waals surface area contributed by atoms with Crippen LogP contribution in [0.3, 0.4) is 0 Å². The average Bonchev–Trinajstić information content (AvgIpc) is 3.62. The summed E-state index contributed by atoms with van der Waals surface area (Å²) in [6.45, 7) is 6.83. The van der Waals surface area contributed by atoms with Gasteiger partial charge in [-0.1, -0.05) is 51.8 Å². The molecular formula is C34H38F2O4. The molecule has 0 heterocycles. The van der Waals surface area contributed by atoms with Gasteiger partial charge in [0.25, 0.3) is 0 Å². The number of ether oxygens (including phenoxy) is 2. The molecule has 1 fully saturated rings. The van der Waals surface area contributed by atoms with Crippen LogP contribution in [0.2, 0.25) is 0 Å². The first-order valence-corrected chi connectivity index (χ1v) is 13.9. The normalized spacial score (nSPS) is 15.6. The molecular weight excluding hydrogens is 510 g/mol. The van der Waals surface area contributed by atoms with Crippen molar-refractivity contribution < 1.29 is 28.2 Å². The molecule has 0 atom stereocenters. The molecule has 40 heavy (non-hydrogen) atoms. The van der Waals surface area contributed by atoms with Crippen LogP contribution in [0.1, 0.15) is 69.6 Å². The topological polar surface area (TPSA) is 55.8 Å². The molecule has 2 aliphatic carbocycles. The predicted octanol–water partition coefficient (Wildman–Crippen LogP) is 8.86. The van der Waals surface area contributed by atoms with Crippen LogP contribution in [0.4, 0.5) is 8.78 Å². The Morgan fingerprint density at radius 3 is 2.33 bits per heavy atom. The van der Waals surface area contributed by atoms with Gasteiger partial charge in [-0.3, -0.25) is 4.79 Å². The molecule has 1 saturated carbocycles. The van der Waals surface area contributed by atoms with E-state index in [1.54, 1.807) is 25.3 Å². The zero-order valence-corrected chi connectivity index (χ0v) is 23.7. The lowest BCUT2D eigenvalue weighted by molar-refractivity contribution is -0.136. The second kappa shape index (κ2) is 12.7. The third-order valence-corrected chi connectivity index (χ3v) is 7.51. The minimum Gasteiger partial charge on any atom is -0.497 e. The van der Waals surface area contributed by atoms with E-state index >= 15 is 0 Å². The van der Waals surface area contributed by atoms with E-state index in [0.717, 1.165) is 41.0 Å². The van der Waals surface area contributed by atoms with E-state index in [4.69, 9.17) is 14.6 Å². The van der Waals surface area contributed by atoms with E-state index in [1.165, 1.54) is 31.0 Å². The number of rotatable bonds is 9. The van der Waals surface area contributed by atoms with Crippen molar-refractivity contribution >= 4 is 11.5 Å². The third kappa shape index (κ3) is 7.71. The molecule has 1 N–H and O–H groups in total. The summed E-state index contributed by atoms with van der Waals surface area (Å²) >= 11 is 0. The van der Waals surface area contributed by atoms with Gasteiger partial charge in [0.1, 0.15) is 29.7 Å². The number of allylic oxidation sites excluding steroid dienone is 2. The Bertz CT molecular complexity index is 1390. The Labute approximate surface area is 235 Å². The summed E-state index contributed by atoms with van der Waals surface area (Å²) in [6.07, 6.45) is 7.27. The van der Waals surface area contributed by atoms with E-state index in [9.17, 15) is 13.6 Å². The number of hydrogen-bond donors (Lipinski definition) is 1. The summed E-state index contributed by atoms with van der Waals surface area (Å²) in [6, 6.07) is 14.8. The third-order valence-electron chi connectivity index (χ3n) is 7.51. The van der Waals surface area contributed by atoms with Crippen molar-refractivity contribution in [1.82, 2.24) is 0 Å². The Hall–Kier alpha value is -3.67. The van der Waals surface area contributed by atoms with Crippen LogP contribution in [0, 0.1) is 23.0 Å². The van der Waals surface area contributed by atoms with Crippen molar-refractivity contribution in [2.24, 2.45) is 11.3 Å². The maximum atomic E-state index is 14.9. The number of halogens is 2. The molecule has 6 heteroatoms. The maximum absolute atomic E-state index is 14.9. The smallest absolute Gasteiger partial charge is 0.303 e. The van der Waals surface area contributed by atoms with Crippen LogP contribution in [-0.4, -0.2) is 18.2 Å². The van der Waals surface area contributed by atoms with Gasteiger partial charge in [-0.25, -0.2) is 8.78 Å². The highest BCUT2D eigenvalue weighted by atomic mass is 19.1. The lowest BCUT2D eigenvalue weighted by Gasteiger charge is -2.25. The number of carboxylic acid groups (broad SMARTS) is 1. The Kier molecular flexibility index (Phi) is 9.28. The molecule has 4 nitrogen and oxygen atoms in total. The lowest BCUT2D eigenvalue weighted by Crippen LogP contribution is -2.10. The van der Waals surface area contributed by atoms with Gasteiger partial charge in [-0.05, 0) is 94.8 Å². The summed E-state index contributed by atoms with van der Waals surface area (Å²) in [4.78, 5) is 10.9. The zero-order chi connectivity index (χ0) is 28.9. The Morgan fingerprint density at radius 2 is 1.70 bits per heavy atom. The van der Waals surface area contributed by atoms with E-state index < -0.39 is 11.8 Å². The summed E-state index contributed by atoms with van der Waals surface area (Å²) < 4.78 is 40.3. The summed E-state index contributed by atoms with van der Waals surface area (Å²) in [5.74, 6) is 0.252. The Morgan fingerprint density at radius 1 is 0.950 bits per heavy atom. The van der Waals surface area contributed by atoms with Crippen molar-refractivity contribution in [2.75, 3.05) is 7.11 Å². The Balaban J connectivity index is 0.000000848. The fraction of sp³-hybridized carbons (Fsp3) is 0.382. The second-order valence-electron chi connectivity index (χ2n) is 11.4. The number of hydrogen-bond acceptors (Lipinski definition) is 3. The molecule has 0 saturated heterocycles. The fourth-order valence-corrected chi connectivity index (χ4v) is 4.87. The van der Waals surface area contributed by atoms with Gasteiger partial charge in [0.2, 0.25) is 0 Å². The molecule has 0 spiro atoms. The first-order valence-electron chi connectivity index (χ1n) is 13.9. The fourth-order valence-electron chi connectivity index (χ4n) is 4.87. The van der Waals surface area contributed by atoms with Gasteiger partial charge in [-0.2, -0.15) is 0 Å². The molecule has 0 unspecified atom stereocenters. The van der Waals surface area contributed by atoms with Gasteiger partial charge < -0.3 is 14.6 Å². The predicted molar refractivity (Wildman–Crippen MR) is 154 cm³/mol. The number of methoxy groups -OCH3 is 1. The van der Waals surface area contributed by atoms with Crippen molar-refractivity contribution in [2.45, 2.75) is 65.9 Å². The number of aryl methyl sites for hydroxylation is 1. The van der Waals surface area contributed by atoms with E-state index in [1.807, 2.05) is 18.2 Å². The molecule has 212 valence electrons. The van der Waals surface area contributed by atoms with Crippen molar-refractivity contribution in [3.8, 4) is 22.6 Å².